The van der Waals surface area contributed by atoms with Crippen LogP contribution in [0.5, 0.6) is 0 Å². The van der Waals surface area contributed by atoms with E-state index in [1.165, 1.54) is 29.5 Å². The van der Waals surface area contributed by atoms with Gasteiger partial charge in [-0.2, -0.15) is 0 Å². The van der Waals surface area contributed by atoms with Gasteiger partial charge < -0.3 is 5.73 Å². The largest absolute Gasteiger partial charge is 0.329 e. The highest BCUT2D eigenvalue weighted by molar-refractivity contribution is 9.10. The summed E-state index contributed by atoms with van der Waals surface area (Å²) in [5, 5.41) is 0. The molecular formula is C12H17BrN2. The van der Waals surface area contributed by atoms with Gasteiger partial charge in [0.15, 0.2) is 0 Å². The Labute approximate surface area is 99.6 Å². The highest BCUT2D eigenvalue weighted by atomic mass is 79.9. The summed E-state index contributed by atoms with van der Waals surface area (Å²) in [6, 6.07) is 8.92. The van der Waals surface area contributed by atoms with E-state index in [-0.39, 0.29) is 0 Å². The van der Waals surface area contributed by atoms with Crippen molar-refractivity contribution in [1.29, 1.82) is 0 Å². The van der Waals surface area contributed by atoms with E-state index in [4.69, 9.17) is 5.73 Å². The molecule has 1 saturated heterocycles. The second-order valence-electron chi connectivity index (χ2n) is 4.07. The Morgan fingerprint density at radius 1 is 1.33 bits per heavy atom. The van der Waals surface area contributed by atoms with Gasteiger partial charge in [0.25, 0.3) is 0 Å². The molecule has 15 heavy (non-hydrogen) atoms. The first-order valence-electron chi connectivity index (χ1n) is 5.49. The van der Waals surface area contributed by atoms with Crippen molar-refractivity contribution in [3.05, 3.63) is 34.3 Å². The van der Waals surface area contributed by atoms with E-state index in [9.17, 15) is 0 Å². The van der Waals surface area contributed by atoms with Gasteiger partial charge in [-0.3, -0.25) is 4.90 Å². The highest BCUT2D eigenvalue weighted by Gasteiger charge is 2.23. The maximum Gasteiger partial charge on any atom is 0.0259 e. The predicted molar refractivity (Wildman–Crippen MR) is 66.9 cm³/mol. The quantitative estimate of drug-likeness (QED) is 0.906. The first-order valence-corrected chi connectivity index (χ1v) is 6.28. The molecule has 2 N–H and O–H groups in total. The van der Waals surface area contributed by atoms with Gasteiger partial charge in [0, 0.05) is 17.1 Å². The van der Waals surface area contributed by atoms with Gasteiger partial charge >= 0.3 is 0 Å². The fourth-order valence-electron chi connectivity index (χ4n) is 1.99. The maximum absolute atomic E-state index is 5.82. The number of nitrogens with two attached hydrogens (primary N) is 1. The summed E-state index contributed by atoms with van der Waals surface area (Å²) in [4.78, 5) is 2.47. The SMILES string of the molecule is NCC(Cc1ccccc1Br)N1CCC1. The van der Waals surface area contributed by atoms with Gasteiger partial charge in [-0.05, 0) is 37.6 Å². The lowest BCUT2D eigenvalue weighted by molar-refractivity contribution is 0.121. The Bertz CT molecular complexity index is 323. The zero-order valence-corrected chi connectivity index (χ0v) is 10.4. The highest BCUT2D eigenvalue weighted by Crippen LogP contribution is 2.21. The van der Waals surface area contributed by atoms with E-state index in [0.717, 1.165) is 13.0 Å². The fourth-order valence-corrected chi connectivity index (χ4v) is 2.43. The third-order valence-corrected chi connectivity index (χ3v) is 3.87. The van der Waals surface area contributed by atoms with Crippen LogP contribution in [0.25, 0.3) is 0 Å². The molecule has 0 bridgehead atoms. The van der Waals surface area contributed by atoms with Crippen LogP contribution in [-0.4, -0.2) is 30.6 Å². The summed E-state index contributed by atoms with van der Waals surface area (Å²) < 4.78 is 1.20. The third-order valence-electron chi connectivity index (χ3n) is 3.09. The summed E-state index contributed by atoms with van der Waals surface area (Å²) in [6.07, 6.45) is 2.38. The molecule has 3 heteroatoms. The second-order valence-corrected chi connectivity index (χ2v) is 4.93. The Morgan fingerprint density at radius 3 is 2.60 bits per heavy atom. The average molecular weight is 269 g/mol. The van der Waals surface area contributed by atoms with E-state index in [1.807, 2.05) is 0 Å². The van der Waals surface area contributed by atoms with Crippen molar-refractivity contribution in [2.45, 2.75) is 18.9 Å². The fraction of sp³-hybridized carbons (Fsp3) is 0.500. The number of hydrogen-bond acceptors (Lipinski definition) is 2. The first-order chi connectivity index (χ1) is 7.31. The second kappa shape index (κ2) is 5.10. The molecule has 1 aliphatic heterocycles. The monoisotopic (exact) mass is 268 g/mol. The van der Waals surface area contributed by atoms with Crippen molar-refractivity contribution < 1.29 is 0 Å². The van der Waals surface area contributed by atoms with E-state index in [2.05, 4.69) is 45.1 Å². The van der Waals surface area contributed by atoms with E-state index < -0.39 is 0 Å². The molecule has 0 radical (unpaired) electrons. The van der Waals surface area contributed by atoms with Crippen LogP contribution in [0.15, 0.2) is 28.7 Å². The minimum absolute atomic E-state index is 0.512. The molecule has 1 aromatic rings. The number of hydrogen-bond donors (Lipinski definition) is 1. The summed E-state index contributed by atoms with van der Waals surface area (Å²) in [5.41, 5.74) is 7.19. The molecule has 0 amide bonds. The molecule has 1 aromatic carbocycles. The van der Waals surface area contributed by atoms with Crippen LogP contribution in [0.3, 0.4) is 0 Å². The molecule has 0 saturated carbocycles. The minimum atomic E-state index is 0.512. The lowest BCUT2D eigenvalue weighted by atomic mass is 10.0. The zero-order valence-electron chi connectivity index (χ0n) is 8.82. The zero-order chi connectivity index (χ0) is 10.7. The van der Waals surface area contributed by atoms with Gasteiger partial charge in [0.2, 0.25) is 0 Å². The number of rotatable bonds is 4. The van der Waals surface area contributed by atoms with Crippen molar-refractivity contribution in [1.82, 2.24) is 4.90 Å². The average Bonchev–Trinajstić information content (AvgIpc) is 2.17. The van der Waals surface area contributed by atoms with Gasteiger partial charge in [0.1, 0.15) is 0 Å². The smallest absolute Gasteiger partial charge is 0.0259 e. The molecule has 82 valence electrons. The molecule has 0 aliphatic carbocycles. The van der Waals surface area contributed by atoms with Crippen LogP contribution in [0.2, 0.25) is 0 Å². The molecule has 0 spiro atoms. The van der Waals surface area contributed by atoms with Crippen LogP contribution in [0.1, 0.15) is 12.0 Å². The Balaban J connectivity index is 2.02. The Morgan fingerprint density at radius 2 is 2.07 bits per heavy atom. The van der Waals surface area contributed by atoms with Crippen LogP contribution in [-0.2, 0) is 6.42 Å². The van der Waals surface area contributed by atoms with Crippen LogP contribution >= 0.6 is 15.9 Å². The Hall–Kier alpha value is -0.380. The van der Waals surface area contributed by atoms with Crippen LogP contribution in [0, 0.1) is 0 Å². The summed E-state index contributed by atoms with van der Waals surface area (Å²) >= 11 is 3.58. The Kier molecular flexibility index (Phi) is 3.78. The van der Waals surface area contributed by atoms with E-state index >= 15 is 0 Å². The lowest BCUT2D eigenvalue weighted by Gasteiger charge is -2.38. The van der Waals surface area contributed by atoms with Gasteiger partial charge in [-0.25, -0.2) is 0 Å². The minimum Gasteiger partial charge on any atom is -0.329 e. The molecule has 1 unspecified atom stereocenters. The topological polar surface area (TPSA) is 29.3 Å². The van der Waals surface area contributed by atoms with Crippen molar-refractivity contribution >= 4 is 15.9 Å². The number of nitrogens with zero attached hydrogens (tertiary/aromatic N) is 1. The number of likely N-dealkylation sites (tertiary alicyclic amines) is 1. The van der Waals surface area contributed by atoms with Crippen molar-refractivity contribution in [2.24, 2.45) is 5.73 Å². The van der Waals surface area contributed by atoms with E-state index in [1.54, 1.807) is 0 Å². The molecule has 0 aromatic heterocycles. The maximum atomic E-state index is 5.82. The molecule has 1 heterocycles. The summed E-state index contributed by atoms with van der Waals surface area (Å²) in [7, 11) is 0. The van der Waals surface area contributed by atoms with Gasteiger partial charge in [0.05, 0.1) is 0 Å². The van der Waals surface area contributed by atoms with Crippen molar-refractivity contribution in [2.75, 3.05) is 19.6 Å². The van der Waals surface area contributed by atoms with Crippen LogP contribution in [0.4, 0.5) is 0 Å². The standard InChI is InChI=1S/C12H17BrN2/c13-12-5-2-1-4-10(12)8-11(9-14)15-6-3-7-15/h1-2,4-5,11H,3,6-9,14H2. The van der Waals surface area contributed by atoms with E-state index in [0.29, 0.717) is 6.04 Å². The molecule has 1 fully saturated rings. The first kappa shape index (κ1) is 11.1. The molecule has 2 rings (SSSR count). The molecule has 2 nitrogen and oxygen atoms in total. The molecule has 1 atom stereocenters. The van der Waals surface area contributed by atoms with Crippen LogP contribution < -0.4 is 5.73 Å². The van der Waals surface area contributed by atoms with Gasteiger partial charge in [-0.1, -0.05) is 34.1 Å². The normalized spacial score (nSPS) is 18.5. The van der Waals surface area contributed by atoms with Crippen molar-refractivity contribution in [3.8, 4) is 0 Å². The summed E-state index contributed by atoms with van der Waals surface area (Å²) in [6.45, 7) is 3.18. The molecular weight excluding hydrogens is 252 g/mol. The summed E-state index contributed by atoms with van der Waals surface area (Å²) in [5.74, 6) is 0. The molecule has 1 aliphatic rings. The van der Waals surface area contributed by atoms with Crippen molar-refractivity contribution in [3.63, 3.8) is 0 Å². The third kappa shape index (κ3) is 2.60. The lowest BCUT2D eigenvalue weighted by Crippen LogP contribution is -2.49. The number of benzene rings is 1. The number of halogens is 1. The van der Waals surface area contributed by atoms with Gasteiger partial charge in [-0.15, -0.1) is 0 Å². The predicted octanol–water partition coefficient (Wildman–Crippen LogP) is 2.02.